The van der Waals surface area contributed by atoms with Crippen LogP contribution >= 0.6 is 11.6 Å². The summed E-state index contributed by atoms with van der Waals surface area (Å²) in [6, 6.07) is 3.36. The Morgan fingerprint density at radius 3 is 2.77 bits per heavy atom. The molecular formula is C15H18ClN3O2S. The largest absolute Gasteiger partial charge is 0.241 e. The zero-order valence-electron chi connectivity index (χ0n) is 12.6. The molecule has 5 nitrogen and oxygen atoms in total. The van der Waals surface area contributed by atoms with Crippen molar-refractivity contribution in [3.8, 4) is 0 Å². The van der Waals surface area contributed by atoms with Crippen molar-refractivity contribution in [2.24, 2.45) is 5.92 Å². The predicted molar refractivity (Wildman–Crippen MR) is 86.6 cm³/mol. The summed E-state index contributed by atoms with van der Waals surface area (Å²) < 4.78 is 28.0. The molecule has 0 unspecified atom stereocenters. The number of aromatic nitrogens is 2. The summed E-state index contributed by atoms with van der Waals surface area (Å²) in [5.74, 6) is 0.235. The molecule has 1 N–H and O–H groups in total. The number of sulfonamides is 1. The van der Waals surface area contributed by atoms with Crippen molar-refractivity contribution in [2.45, 2.75) is 38.0 Å². The van der Waals surface area contributed by atoms with Gasteiger partial charge in [-0.3, -0.25) is 0 Å². The summed E-state index contributed by atoms with van der Waals surface area (Å²) in [5.41, 5.74) is 2.81. The number of nitrogens with one attached hydrogen (secondary N) is 1. The molecule has 0 amide bonds. The quantitative estimate of drug-likeness (QED) is 0.929. The average Bonchev–Trinajstić information content (AvgIpc) is 2.92. The van der Waals surface area contributed by atoms with Crippen LogP contribution in [0.5, 0.6) is 0 Å². The van der Waals surface area contributed by atoms with Crippen LogP contribution in [-0.2, 0) is 22.9 Å². The lowest BCUT2D eigenvalue weighted by atomic mass is 10.1. The van der Waals surface area contributed by atoms with E-state index in [4.69, 9.17) is 11.6 Å². The first-order chi connectivity index (χ1) is 10.4. The highest BCUT2D eigenvalue weighted by Crippen LogP contribution is 2.33. The van der Waals surface area contributed by atoms with Gasteiger partial charge in [0.1, 0.15) is 0 Å². The van der Waals surface area contributed by atoms with Crippen LogP contribution in [0.3, 0.4) is 0 Å². The third kappa shape index (κ3) is 2.83. The van der Waals surface area contributed by atoms with Crippen molar-refractivity contribution < 1.29 is 8.42 Å². The highest BCUT2D eigenvalue weighted by atomic mass is 35.5. The van der Waals surface area contributed by atoms with E-state index >= 15 is 0 Å². The Balaban J connectivity index is 2.21. The maximum Gasteiger partial charge on any atom is 0.241 e. The second kappa shape index (κ2) is 5.76. The van der Waals surface area contributed by atoms with Gasteiger partial charge < -0.3 is 0 Å². The molecule has 22 heavy (non-hydrogen) atoms. The molecule has 0 spiro atoms. The Morgan fingerprint density at radius 2 is 2.05 bits per heavy atom. The number of fused-ring (bicyclic) bond motifs is 3. The van der Waals surface area contributed by atoms with Crippen LogP contribution in [0.15, 0.2) is 17.0 Å². The lowest BCUT2D eigenvalue weighted by molar-refractivity contribution is 0.561. The van der Waals surface area contributed by atoms with E-state index in [2.05, 4.69) is 14.9 Å². The van der Waals surface area contributed by atoms with E-state index in [0.29, 0.717) is 17.4 Å². The summed E-state index contributed by atoms with van der Waals surface area (Å²) in [4.78, 5) is 0.251. The number of nitrogens with zero attached hydrogens (tertiary/aromatic N) is 2. The molecule has 0 saturated heterocycles. The number of hydrogen-bond acceptors (Lipinski definition) is 4. The number of halogens is 1. The Morgan fingerprint density at radius 1 is 1.27 bits per heavy atom. The Bertz CT molecular complexity index is 834. The van der Waals surface area contributed by atoms with E-state index in [-0.39, 0.29) is 16.0 Å². The van der Waals surface area contributed by atoms with Crippen LogP contribution in [0.2, 0.25) is 5.15 Å². The maximum absolute atomic E-state index is 12.7. The molecule has 1 aliphatic rings. The lowest BCUT2D eigenvalue weighted by Crippen LogP contribution is -2.28. The van der Waals surface area contributed by atoms with E-state index < -0.39 is 10.0 Å². The third-order valence-electron chi connectivity index (χ3n) is 3.85. The SMILES string of the molecule is CC(C)CNS(=O)(=O)c1cc2c(c3nnc(Cl)cc13)CCC2. The molecule has 1 aliphatic carbocycles. The molecule has 0 bridgehead atoms. The van der Waals surface area contributed by atoms with Crippen molar-refractivity contribution in [3.05, 3.63) is 28.4 Å². The fraction of sp³-hybridized carbons (Fsp3) is 0.467. The van der Waals surface area contributed by atoms with E-state index in [1.807, 2.05) is 13.8 Å². The average molecular weight is 340 g/mol. The summed E-state index contributed by atoms with van der Waals surface area (Å²) in [6.07, 6.45) is 2.79. The van der Waals surface area contributed by atoms with Crippen LogP contribution in [0.1, 0.15) is 31.4 Å². The van der Waals surface area contributed by atoms with Crippen LogP contribution in [0.25, 0.3) is 10.9 Å². The first-order valence-electron chi connectivity index (χ1n) is 7.36. The minimum absolute atomic E-state index is 0.200. The van der Waals surface area contributed by atoms with Gasteiger partial charge in [0.2, 0.25) is 10.0 Å². The summed E-state index contributed by atoms with van der Waals surface area (Å²) >= 11 is 5.93. The van der Waals surface area contributed by atoms with Crippen molar-refractivity contribution >= 4 is 32.5 Å². The van der Waals surface area contributed by atoms with Gasteiger partial charge in [0.15, 0.2) is 5.15 Å². The number of aryl methyl sites for hydroxylation is 2. The van der Waals surface area contributed by atoms with Crippen LogP contribution in [0, 0.1) is 5.92 Å². The molecule has 0 atom stereocenters. The van der Waals surface area contributed by atoms with Gasteiger partial charge in [0.05, 0.1) is 10.4 Å². The normalized spacial score (nSPS) is 14.7. The van der Waals surface area contributed by atoms with E-state index in [9.17, 15) is 8.42 Å². The molecule has 1 heterocycles. The minimum Gasteiger partial charge on any atom is -0.211 e. The van der Waals surface area contributed by atoms with Crippen LogP contribution in [-0.4, -0.2) is 25.2 Å². The fourth-order valence-electron chi connectivity index (χ4n) is 2.79. The fourth-order valence-corrected chi connectivity index (χ4v) is 4.39. The van der Waals surface area contributed by atoms with E-state index in [1.165, 1.54) is 0 Å². The van der Waals surface area contributed by atoms with Gasteiger partial charge in [-0.2, -0.15) is 0 Å². The molecule has 7 heteroatoms. The molecular weight excluding hydrogens is 322 g/mol. The Labute approximate surface area is 135 Å². The van der Waals surface area contributed by atoms with Crippen molar-refractivity contribution in [1.82, 2.24) is 14.9 Å². The number of benzene rings is 1. The number of rotatable bonds is 4. The standard InChI is InChI=1S/C15H18ClN3O2S/c1-9(2)8-17-22(20,21)13-6-10-4-3-5-11(10)15-12(13)7-14(16)18-19-15/h6-7,9,17H,3-5,8H2,1-2H3. The van der Waals surface area contributed by atoms with Crippen molar-refractivity contribution in [1.29, 1.82) is 0 Å². The monoisotopic (exact) mass is 339 g/mol. The second-order valence-corrected chi connectivity index (χ2v) is 8.16. The highest BCUT2D eigenvalue weighted by molar-refractivity contribution is 7.89. The van der Waals surface area contributed by atoms with E-state index in [0.717, 1.165) is 30.4 Å². The van der Waals surface area contributed by atoms with Gasteiger partial charge in [0, 0.05) is 11.9 Å². The Kier molecular flexibility index (Phi) is 4.09. The zero-order chi connectivity index (χ0) is 15.9. The predicted octanol–water partition coefficient (Wildman–Crippen LogP) is 2.71. The summed E-state index contributed by atoms with van der Waals surface area (Å²) in [6.45, 7) is 4.32. The third-order valence-corrected chi connectivity index (χ3v) is 5.50. The zero-order valence-corrected chi connectivity index (χ0v) is 14.1. The van der Waals surface area contributed by atoms with Gasteiger partial charge in [-0.25, -0.2) is 13.1 Å². The molecule has 3 rings (SSSR count). The smallest absolute Gasteiger partial charge is 0.211 e. The first kappa shape index (κ1) is 15.6. The van der Waals surface area contributed by atoms with Gasteiger partial charge in [0.25, 0.3) is 0 Å². The molecule has 2 aromatic rings. The highest BCUT2D eigenvalue weighted by Gasteiger charge is 2.25. The summed E-state index contributed by atoms with van der Waals surface area (Å²) in [7, 11) is -3.60. The van der Waals surface area contributed by atoms with Crippen LogP contribution in [0.4, 0.5) is 0 Å². The number of hydrogen-bond donors (Lipinski definition) is 1. The van der Waals surface area contributed by atoms with Crippen molar-refractivity contribution in [2.75, 3.05) is 6.54 Å². The summed E-state index contributed by atoms with van der Waals surface area (Å²) in [5, 5.41) is 8.78. The van der Waals surface area contributed by atoms with Gasteiger partial charge in [-0.1, -0.05) is 25.4 Å². The molecule has 1 aromatic heterocycles. The minimum atomic E-state index is -3.60. The van der Waals surface area contributed by atoms with Crippen molar-refractivity contribution in [3.63, 3.8) is 0 Å². The molecule has 0 fully saturated rings. The molecule has 0 radical (unpaired) electrons. The second-order valence-electron chi connectivity index (χ2n) is 6.04. The topological polar surface area (TPSA) is 72.0 Å². The Hall–Kier alpha value is -1.24. The maximum atomic E-state index is 12.7. The lowest BCUT2D eigenvalue weighted by Gasteiger charge is -2.13. The molecule has 1 aromatic carbocycles. The van der Waals surface area contributed by atoms with Gasteiger partial charge in [-0.15, -0.1) is 10.2 Å². The molecule has 118 valence electrons. The first-order valence-corrected chi connectivity index (χ1v) is 9.22. The molecule has 0 saturated carbocycles. The molecule has 0 aliphatic heterocycles. The van der Waals surface area contributed by atoms with Crippen LogP contribution < -0.4 is 4.72 Å². The van der Waals surface area contributed by atoms with Gasteiger partial charge >= 0.3 is 0 Å². The van der Waals surface area contributed by atoms with Gasteiger partial charge in [-0.05, 0) is 48.4 Å². The van der Waals surface area contributed by atoms with E-state index in [1.54, 1.807) is 12.1 Å².